The second-order valence-corrected chi connectivity index (χ2v) is 6.44. The standard InChI is InChI=1S/C18H22N2O4/c1-12(13-8-9-13)19-16(21)11-24-18(23)14-5-2-3-6-15(14)20-10-4-7-17(20)22/h2-3,5-6,12-13H,4,7-11H2,1H3,(H,19,21)/t12-/m1/s1. The van der Waals surface area contributed by atoms with Crippen LogP contribution in [0.3, 0.4) is 0 Å². The highest BCUT2D eigenvalue weighted by molar-refractivity contribution is 6.03. The van der Waals surface area contributed by atoms with Gasteiger partial charge in [0.25, 0.3) is 5.91 Å². The van der Waals surface area contributed by atoms with E-state index in [4.69, 9.17) is 4.74 Å². The van der Waals surface area contributed by atoms with Gasteiger partial charge in [-0.1, -0.05) is 12.1 Å². The Kier molecular flexibility index (Phi) is 4.83. The minimum absolute atomic E-state index is 0.00579. The molecule has 3 rings (SSSR count). The lowest BCUT2D eigenvalue weighted by Crippen LogP contribution is -2.37. The van der Waals surface area contributed by atoms with Gasteiger partial charge in [-0.15, -0.1) is 0 Å². The van der Waals surface area contributed by atoms with E-state index in [0.29, 0.717) is 30.1 Å². The van der Waals surface area contributed by atoms with Crippen LogP contribution in [-0.2, 0) is 14.3 Å². The van der Waals surface area contributed by atoms with Crippen molar-refractivity contribution in [3.8, 4) is 0 Å². The van der Waals surface area contributed by atoms with Crippen LogP contribution in [0.5, 0.6) is 0 Å². The minimum Gasteiger partial charge on any atom is -0.452 e. The molecular weight excluding hydrogens is 308 g/mol. The quantitative estimate of drug-likeness (QED) is 0.808. The molecule has 1 aromatic rings. The maximum atomic E-state index is 12.3. The van der Waals surface area contributed by atoms with Crippen LogP contribution in [0.15, 0.2) is 24.3 Å². The van der Waals surface area contributed by atoms with Crippen molar-refractivity contribution in [2.24, 2.45) is 5.92 Å². The van der Waals surface area contributed by atoms with E-state index in [1.54, 1.807) is 29.2 Å². The fourth-order valence-electron chi connectivity index (χ4n) is 3.00. The number of para-hydroxylation sites is 1. The molecule has 2 fully saturated rings. The van der Waals surface area contributed by atoms with E-state index >= 15 is 0 Å². The number of benzene rings is 1. The summed E-state index contributed by atoms with van der Waals surface area (Å²) >= 11 is 0. The summed E-state index contributed by atoms with van der Waals surface area (Å²) in [5.74, 6) is -0.324. The van der Waals surface area contributed by atoms with Crippen LogP contribution in [0, 0.1) is 5.92 Å². The van der Waals surface area contributed by atoms with Gasteiger partial charge in [-0.3, -0.25) is 9.59 Å². The molecule has 2 aliphatic rings. The number of carbonyl (C=O) groups is 3. The zero-order chi connectivity index (χ0) is 17.1. The normalized spacial score (nSPS) is 18.4. The summed E-state index contributed by atoms with van der Waals surface area (Å²) in [5.41, 5.74) is 0.868. The zero-order valence-electron chi connectivity index (χ0n) is 13.8. The molecule has 0 spiro atoms. The Morgan fingerprint density at radius 1 is 1.33 bits per heavy atom. The molecule has 1 aromatic carbocycles. The summed E-state index contributed by atoms with van der Waals surface area (Å²) < 4.78 is 5.14. The number of hydrogen-bond donors (Lipinski definition) is 1. The van der Waals surface area contributed by atoms with Crippen LogP contribution in [0.2, 0.25) is 0 Å². The van der Waals surface area contributed by atoms with Gasteiger partial charge in [0, 0.05) is 19.0 Å². The lowest BCUT2D eigenvalue weighted by Gasteiger charge is -2.19. The number of hydrogen-bond acceptors (Lipinski definition) is 4. The first-order valence-electron chi connectivity index (χ1n) is 8.42. The van der Waals surface area contributed by atoms with Gasteiger partial charge < -0.3 is 15.0 Å². The lowest BCUT2D eigenvalue weighted by atomic mass is 10.1. The highest BCUT2D eigenvalue weighted by Gasteiger charge is 2.29. The van der Waals surface area contributed by atoms with Gasteiger partial charge in [0.05, 0.1) is 11.3 Å². The van der Waals surface area contributed by atoms with Crippen molar-refractivity contribution in [1.82, 2.24) is 5.32 Å². The third kappa shape index (κ3) is 3.75. The molecule has 0 aromatic heterocycles. The highest BCUT2D eigenvalue weighted by atomic mass is 16.5. The van der Waals surface area contributed by atoms with Gasteiger partial charge in [-0.25, -0.2) is 4.79 Å². The highest BCUT2D eigenvalue weighted by Crippen LogP contribution is 2.32. The monoisotopic (exact) mass is 330 g/mol. The van der Waals surface area contributed by atoms with Crippen molar-refractivity contribution >= 4 is 23.5 Å². The van der Waals surface area contributed by atoms with Gasteiger partial charge in [-0.05, 0) is 44.2 Å². The van der Waals surface area contributed by atoms with E-state index in [1.165, 1.54) is 0 Å². The third-order valence-corrected chi connectivity index (χ3v) is 4.54. The summed E-state index contributed by atoms with van der Waals surface area (Å²) in [7, 11) is 0. The van der Waals surface area contributed by atoms with Crippen molar-refractivity contribution in [2.45, 2.75) is 38.6 Å². The van der Waals surface area contributed by atoms with Gasteiger partial charge >= 0.3 is 5.97 Å². The molecule has 1 N–H and O–H groups in total. The molecule has 6 nitrogen and oxygen atoms in total. The summed E-state index contributed by atoms with van der Waals surface area (Å²) in [6, 6.07) is 6.96. The van der Waals surface area contributed by atoms with Gasteiger partial charge in [0.1, 0.15) is 0 Å². The summed E-state index contributed by atoms with van der Waals surface area (Å²) in [6.45, 7) is 2.26. The first-order chi connectivity index (χ1) is 11.6. The van der Waals surface area contributed by atoms with E-state index in [0.717, 1.165) is 19.3 Å². The molecule has 1 atom stereocenters. The number of amides is 2. The van der Waals surface area contributed by atoms with Crippen LogP contribution in [0.1, 0.15) is 43.0 Å². The smallest absolute Gasteiger partial charge is 0.340 e. The van der Waals surface area contributed by atoms with Crippen LogP contribution >= 0.6 is 0 Å². The molecular formula is C18H22N2O4. The van der Waals surface area contributed by atoms with Gasteiger partial charge in [-0.2, -0.15) is 0 Å². The fraction of sp³-hybridized carbons (Fsp3) is 0.500. The largest absolute Gasteiger partial charge is 0.452 e. The number of esters is 1. The van der Waals surface area contributed by atoms with Crippen molar-refractivity contribution in [2.75, 3.05) is 18.1 Å². The van der Waals surface area contributed by atoms with Crippen LogP contribution in [0.25, 0.3) is 0 Å². The van der Waals surface area contributed by atoms with Crippen LogP contribution in [0.4, 0.5) is 5.69 Å². The van der Waals surface area contributed by atoms with E-state index in [2.05, 4.69) is 5.32 Å². The van der Waals surface area contributed by atoms with Crippen molar-refractivity contribution < 1.29 is 19.1 Å². The van der Waals surface area contributed by atoms with Crippen molar-refractivity contribution in [3.05, 3.63) is 29.8 Å². The van der Waals surface area contributed by atoms with Crippen molar-refractivity contribution in [3.63, 3.8) is 0 Å². The molecule has 1 saturated heterocycles. The van der Waals surface area contributed by atoms with E-state index in [1.807, 2.05) is 6.92 Å². The topological polar surface area (TPSA) is 75.7 Å². The second-order valence-electron chi connectivity index (χ2n) is 6.44. The number of rotatable bonds is 6. The molecule has 24 heavy (non-hydrogen) atoms. The molecule has 0 unspecified atom stereocenters. The first-order valence-corrected chi connectivity index (χ1v) is 8.42. The number of anilines is 1. The Morgan fingerprint density at radius 2 is 2.08 bits per heavy atom. The molecule has 6 heteroatoms. The second kappa shape index (κ2) is 7.03. The van der Waals surface area contributed by atoms with E-state index in [-0.39, 0.29) is 24.5 Å². The van der Waals surface area contributed by atoms with Crippen LogP contribution < -0.4 is 10.2 Å². The molecule has 1 heterocycles. The van der Waals surface area contributed by atoms with Gasteiger partial charge in [0.15, 0.2) is 6.61 Å². The number of nitrogens with one attached hydrogen (secondary N) is 1. The SMILES string of the molecule is C[C@@H](NC(=O)COC(=O)c1ccccc1N1CCCC1=O)C1CC1. The van der Waals surface area contributed by atoms with E-state index < -0.39 is 5.97 Å². The lowest BCUT2D eigenvalue weighted by molar-refractivity contribution is -0.125. The summed E-state index contributed by atoms with van der Waals surface area (Å²) in [4.78, 5) is 37.7. The predicted molar refractivity (Wildman–Crippen MR) is 88.6 cm³/mol. The minimum atomic E-state index is -0.584. The number of nitrogens with zero attached hydrogens (tertiary/aromatic N) is 1. The average Bonchev–Trinajstić information content (AvgIpc) is 3.34. The van der Waals surface area contributed by atoms with Crippen molar-refractivity contribution in [1.29, 1.82) is 0 Å². The number of ether oxygens (including phenoxy) is 1. The average molecular weight is 330 g/mol. The Bertz CT molecular complexity index is 654. The molecule has 1 saturated carbocycles. The molecule has 128 valence electrons. The Hall–Kier alpha value is -2.37. The Labute approximate surface area is 141 Å². The maximum absolute atomic E-state index is 12.3. The third-order valence-electron chi connectivity index (χ3n) is 4.54. The number of carbonyl (C=O) groups excluding carboxylic acids is 3. The Morgan fingerprint density at radius 3 is 2.75 bits per heavy atom. The molecule has 0 bridgehead atoms. The summed E-state index contributed by atoms with van der Waals surface area (Å²) in [6.07, 6.45) is 3.55. The first kappa shape index (κ1) is 16.5. The molecule has 1 aliphatic carbocycles. The fourth-order valence-corrected chi connectivity index (χ4v) is 3.00. The molecule has 0 radical (unpaired) electrons. The zero-order valence-corrected chi connectivity index (χ0v) is 13.8. The maximum Gasteiger partial charge on any atom is 0.340 e. The predicted octanol–water partition coefficient (Wildman–Crippen LogP) is 1.88. The summed E-state index contributed by atoms with van der Waals surface area (Å²) in [5, 5.41) is 2.84. The van der Waals surface area contributed by atoms with Crippen LogP contribution in [-0.4, -0.2) is 37.0 Å². The molecule has 1 aliphatic heterocycles. The molecule has 2 amide bonds. The van der Waals surface area contributed by atoms with E-state index in [9.17, 15) is 14.4 Å². The van der Waals surface area contributed by atoms with Gasteiger partial charge in [0.2, 0.25) is 5.91 Å². The Balaban J connectivity index is 1.60.